The van der Waals surface area contributed by atoms with E-state index < -0.39 is 0 Å². The van der Waals surface area contributed by atoms with Gasteiger partial charge in [0.15, 0.2) is 0 Å². The molecule has 0 aliphatic carbocycles. The van der Waals surface area contributed by atoms with Crippen molar-refractivity contribution in [3.63, 3.8) is 0 Å². The first kappa shape index (κ1) is 14.0. The van der Waals surface area contributed by atoms with Crippen molar-refractivity contribution in [2.24, 2.45) is 0 Å². The molecular formula is C13H21N3O3. The van der Waals surface area contributed by atoms with Crippen molar-refractivity contribution in [1.82, 2.24) is 15.4 Å². The number of rotatable bonds is 4. The Labute approximate surface area is 113 Å². The van der Waals surface area contributed by atoms with Crippen molar-refractivity contribution in [2.75, 3.05) is 32.8 Å². The lowest BCUT2D eigenvalue weighted by Gasteiger charge is -2.29. The van der Waals surface area contributed by atoms with Crippen molar-refractivity contribution < 1.29 is 14.1 Å². The Morgan fingerprint density at radius 1 is 1.42 bits per heavy atom. The standard InChI is InChI=1S/C13H21N3O3/c1-9(8-16-4-6-18-7-5-16)14-13(17)12-10(2)15-19-11(12)3/h9H,4-8H2,1-3H3,(H,14,17)/t9-/m1/s1. The molecule has 0 radical (unpaired) electrons. The van der Waals surface area contributed by atoms with Gasteiger partial charge in [-0.2, -0.15) is 0 Å². The molecule has 0 aromatic carbocycles. The lowest BCUT2D eigenvalue weighted by atomic mass is 10.1. The van der Waals surface area contributed by atoms with Crippen LogP contribution in [0.4, 0.5) is 0 Å². The topological polar surface area (TPSA) is 67.6 Å². The Hall–Kier alpha value is -1.40. The molecule has 19 heavy (non-hydrogen) atoms. The second kappa shape index (κ2) is 6.16. The lowest BCUT2D eigenvalue weighted by Crippen LogP contribution is -2.46. The summed E-state index contributed by atoms with van der Waals surface area (Å²) >= 11 is 0. The van der Waals surface area contributed by atoms with Crippen LogP contribution in [0.1, 0.15) is 28.7 Å². The van der Waals surface area contributed by atoms with E-state index in [-0.39, 0.29) is 11.9 Å². The van der Waals surface area contributed by atoms with Crippen LogP contribution in [0.5, 0.6) is 0 Å². The molecule has 1 amide bonds. The highest BCUT2D eigenvalue weighted by atomic mass is 16.5. The number of aryl methyl sites for hydroxylation is 2. The van der Waals surface area contributed by atoms with E-state index in [0.717, 1.165) is 32.8 Å². The summed E-state index contributed by atoms with van der Waals surface area (Å²) in [6, 6.07) is 0.0827. The molecule has 1 aromatic rings. The summed E-state index contributed by atoms with van der Waals surface area (Å²) in [5.74, 6) is 0.450. The van der Waals surface area contributed by atoms with Gasteiger partial charge < -0.3 is 14.6 Å². The second-order valence-electron chi connectivity index (χ2n) is 4.99. The Kier molecular flexibility index (Phi) is 4.55. The van der Waals surface area contributed by atoms with Crippen molar-refractivity contribution in [2.45, 2.75) is 26.8 Å². The molecule has 106 valence electrons. The Balaban J connectivity index is 1.88. The van der Waals surface area contributed by atoms with E-state index in [9.17, 15) is 4.79 Å². The van der Waals surface area contributed by atoms with E-state index in [4.69, 9.17) is 9.26 Å². The molecule has 6 heteroatoms. The third kappa shape index (κ3) is 3.54. The Morgan fingerprint density at radius 3 is 2.68 bits per heavy atom. The average Bonchev–Trinajstić information content (AvgIpc) is 2.70. The molecule has 1 aromatic heterocycles. The lowest BCUT2D eigenvalue weighted by molar-refractivity contribution is 0.0342. The van der Waals surface area contributed by atoms with E-state index in [2.05, 4.69) is 15.4 Å². The highest BCUT2D eigenvalue weighted by Gasteiger charge is 2.20. The number of aromatic nitrogens is 1. The van der Waals surface area contributed by atoms with E-state index in [1.807, 2.05) is 6.92 Å². The van der Waals surface area contributed by atoms with Gasteiger partial charge in [-0.3, -0.25) is 9.69 Å². The molecule has 1 N–H and O–H groups in total. The normalized spacial score (nSPS) is 18.3. The van der Waals surface area contributed by atoms with Crippen LogP contribution in [0.25, 0.3) is 0 Å². The van der Waals surface area contributed by atoms with Crippen molar-refractivity contribution >= 4 is 5.91 Å². The van der Waals surface area contributed by atoms with Crippen LogP contribution in [0.3, 0.4) is 0 Å². The number of nitrogens with zero attached hydrogens (tertiary/aromatic N) is 2. The first-order valence-electron chi connectivity index (χ1n) is 6.61. The third-order valence-corrected chi connectivity index (χ3v) is 3.27. The van der Waals surface area contributed by atoms with Gasteiger partial charge in [0.2, 0.25) is 0 Å². The van der Waals surface area contributed by atoms with E-state index in [1.54, 1.807) is 13.8 Å². The molecule has 0 bridgehead atoms. The predicted molar refractivity (Wildman–Crippen MR) is 70.2 cm³/mol. The van der Waals surface area contributed by atoms with E-state index >= 15 is 0 Å². The number of hydrogen-bond donors (Lipinski definition) is 1. The Bertz CT molecular complexity index is 419. The highest BCUT2D eigenvalue weighted by Crippen LogP contribution is 2.12. The van der Waals surface area contributed by atoms with Crippen LogP contribution < -0.4 is 5.32 Å². The molecule has 1 aliphatic rings. The van der Waals surface area contributed by atoms with Crippen LogP contribution >= 0.6 is 0 Å². The minimum absolute atomic E-state index is 0.0827. The maximum absolute atomic E-state index is 12.1. The molecule has 1 saturated heterocycles. The van der Waals surface area contributed by atoms with Gasteiger partial charge in [0, 0.05) is 25.7 Å². The van der Waals surface area contributed by atoms with Gasteiger partial charge in [0.25, 0.3) is 5.91 Å². The van der Waals surface area contributed by atoms with Crippen molar-refractivity contribution in [3.05, 3.63) is 17.0 Å². The molecule has 0 unspecified atom stereocenters. The number of ether oxygens (including phenoxy) is 1. The predicted octanol–water partition coefficient (Wildman–Crippen LogP) is 0.742. The van der Waals surface area contributed by atoms with Crippen LogP contribution in [0.15, 0.2) is 4.52 Å². The molecular weight excluding hydrogens is 246 g/mol. The maximum Gasteiger partial charge on any atom is 0.257 e. The quantitative estimate of drug-likeness (QED) is 0.871. The van der Waals surface area contributed by atoms with E-state index in [1.165, 1.54) is 0 Å². The van der Waals surface area contributed by atoms with Crippen LogP contribution in [-0.4, -0.2) is 54.9 Å². The molecule has 0 spiro atoms. The zero-order chi connectivity index (χ0) is 13.8. The third-order valence-electron chi connectivity index (χ3n) is 3.27. The molecule has 1 atom stereocenters. The van der Waals surface area contributed by atoms with Crippen molar-refractivity contribution in [1.29, 1.82) is 0 Å². The summed E-state index contributed by atoms with van der Waals surface area (Å²) in [5, 5.41) is 6.79. The van der Waals surface area contributed by atoms with Crippen LogP contribution in [0.2, 0.25) is 0 Å². The molecule has 2 rings (SSSR count). The summed E-state index contributed by atoms with van der Waals surface area (Å²) in [5.41, 5.74) is 1.18. The SMILES string of the molecule is Cc1noc(C)c1C(=O)N[C@H](C)CN1CCOCC1. The van der Waals surface area contributed by atoms with E-state index in [0.29, 0.717) is 17.0 Å². The largest absolute Gasteiger partial charge is 0.379 e. The maximum atomic E-state index is 12.1. The number of hydrogen-bond acceptors (Lipinski definition) is 5. The molecule has 0 saturated carbocycles. The second-order valence-corrected chi connectivity index (χ2v) is 4.99. The summed E-state index contributed by atoms with van der Waals surface area (Å²) in [7, 11) is 0. The van der Waals surface area contributed by atoms with Crippen LogP contribution in [-0.2, 0) is 4.74 Å². The zero-order valence-corrected chi connectivity index (χ0v) is 11.7. The first-order valence-corrected chi connectivity index (χ1v) is 6.61. The summed E-state index contributed by atoms with van der Waals surface area (Å²) < 4.78 is 10.3. The minimum Gasteiger partial charge on any atom is -0.379 e. The Morgan fingerprint density at radius 2 is 2.11 bits per heavy atom. The smallest absolute Gasteiger partial charge is 0.257 e. The van der Waals surface area contributed by atoms with Gasteiger partial charge in [-0.15, -0.1) is 0 Å². The average molecular weight is 267 g/mol. The summed E-state index contributed by atoms with van der Waals surface area (Å²) in [6.45, 7) is 9.75. The van der Waals surface area contributed by atoms with Gasteiger partial charge in [-0.25, -0.2) is 0 Å². The van der Waals surface area contributed by atoms with Gasteiger partial charge in [-0.05, 0) is 20.8 Å². The van der Waals surface area contributed by atoms with Gasteiger partial charge in [-0.1, -0.05) is 5.16 Å². The highest BCUT2D eigenvalue weighted by molar-refractivity contribution is 5.96. The molecule has 1 fully saturated rings. The van der Waals surface area contributed by atoms with Gasteiger partial charge in [0.1, 0.15) is 11.3 Å². The van der Waals surface area contributed by atoms with Gasteiger partial charge in [0.05, 0.1) is 18.9 Å². The number of nitrogens with one attached hydrogen (secondary N) is 1. The van der Waals surface area contributed by atoms with Crippen molar-refractivity contribution in [3.8, 4) is 0 Å². The van der Waals surface area contributed by atoms with Gasteiger partial charge >= 0.3 is 0 Å². The fourth-order valence-electron chi connectivity index (χ4n) is 2.32. The minimum atomic E-state index is -0.114. The molecule has 6 nitrogen and oxygen atoms in total. The number of amides is 1. The number of morpholine rings is 1. The molecule has 2 heterocycles. The monoisotopic (exact) mass is 267 g/mol. The first-order chi connectivity index (χ1) is 9.08. The molecule has 1 aliphatic heterocycles. The van der Waals surface area contributed by atoms with Crippen LogP contribution in [0, 0.1) is 13.8 Å². The number of carbonyl (C=O) groups excluding carboxylic acids is 1. The summed E-state index contributed by atoms with van der Waals surface area (Å²) in [6.07, 6.45) is 0. The fourth-order valence-corrected chi connectivity index (χ4v) is 2.32. The number of carbonyl (C=O) groups is 1. The summed E-state index contributed by atoms with van der Waals surface area (Å²) in [4.78, 5) is 14.4. The fraction of sp³-hybridized carbons (Fsp3) is 0.692. The zero-order valence-electron chi connectivity index (χ0n) is 11.7.